The van der Waals surface area contributed by atoms with E-state index in [9.17, 15) is 14.8 Å². The average Bonchev–Trinajstić information content (AvgIpc) is 2.67. The molecule has 3 aromatic rings. The van der Waals surface area contributed by atoms with Crippen LogP contribution in [0.3, 0.4) is 0 Å². The highest BCUT2D eigenvalue weighted by atomic mass is 35.5. The Labute approximate surface area is 183 Å². The molecule has 154 valence electrons. The van der Waals surface area contributed by atoms with E-state index in [1.54, 1.807) is 19.1 Å². The molecule has 0 aliphatic carbocycles. The summed E-state index contributed by atoms with van der Waals surface area (Å²) in [5.74, 6) is -0.784. The molecule has 0 radical (unpaired) electrons. The molecule has 0 unspecified atom stereocenters. The smallest absolute Gasteiger partial charge is 0.349 e. The number of nitrogens with zero attached hydrogens (tertiary/aromatic N) is 2. The number of aromatic nitrogens is 1. The third-order valence-corrected chi connectivity index (χ3v) is 5.23. The Morgan fingerprint density at radius 3 is 2.20 bits per heavy atom. The van der Waals surface area contributed by atoms with Crippen molar-refractivity contribution in [1.29, 1.82) is 0 Å². The molecule has 0 atom stereocenters. The molecular weight excluding hydrogens is 425 g/mol. The first-order valence-corrected chi connectivity index (χ1v) is 9.78. The highest BCUT2D eigenvalue weighted by Crippen LogP contribution is 2.26. The molecule has 0 saturated carbocycles. The van der Waals surface area contributed by atoms with Crippen LogP contribution in [-0.2, 0) is 0 Å². The summed E-state index contributed by atoms with van der Waals surface area (Å²) >= 11 is 12.0. The van der Waals surface area contributed by atoms with Crippen molar-refractivity contribution in [1.82, 2.24) is 10.0 Å². The molecule has 0 spiro atoms. The van der Waals surface area contributed by atoms with Gasteiger partial charge in [0, 0.05) is 5.56 Å². The van der Waals surface area contributed by atoms with Gasteiger partial charge >= 0.3 is 6.03 Å². The summed E-state index contributed by atoms with van der Waals surface area (Å²) in [5, 5.41) is 12.9. The van der Waals surface area contributed by atoms with Gasteiger partial charge in [-0.05, 0) is 50.1 Å². The summed E-state index contributed by atoms with van der Waals surface area (Å²) in [6.45, 7) is 5.56. The van der Waals surface area contributed by atoms with Crippen LogP contribution in [0.25, 0.3) is 11.1 Å². The molecule has 0 aliphatic rings. The fraction of sp³-hybridized carbons (Fsp3) is 0.136. The van der Waals surface area contributed by atoms with Crippen molar-refractivity contribution in [2.24, 2.45) is 4.99 Å². The molecule has 3 amide bonds. The van der Waals surface area contributed by atoms with Crippen LogP contribution in [0.1, 0.15) is 27.2 Å². The Hall–Kier alpha value is -3.09. The molecule has 0 bridgehead atoms. The van der Waals surface area contributed by atoms with Gasteiger partial charge in [-0.1, -0.05) is 59.1 Å². The third kappa shape index (κ3) is 4.40. The average molecular weight is 444 g/mol. The zero-order valence-electron chi connectivity index (χ0n) is 16.5. The van der Waals surface area contributed by atoms with Crippen LogP contribution in [0.5, 0.6) is 0 Å². The lowest BCUT2D eigenvalue weighted by molar-refractivity contribution is 0.0965. The van der Waals surface area contributed by atoms with E-state index < -0.39 is 11.9 Å². The molecule has 30 heavy (non-hydrogen) atoms. The SMILES string of the molecule is Cc1ccc(-c2c(C)cc(=NC(=O)NC(=O)c3c(Cl)cccc3Cl)n(O)c2C)cc1. The maximum absolute atomic E-state index is 12.3. The first-order chi connectivity index (χ1) is 14.2. The van der Waals surface area contributed by atoms with E-state index in [0.29, 0.717) is 5.69 Å². The summed E-state index contributed by atoms with van der Waals surface area (Å²) < 4.78 is 0.814. The first kappa shape index (κ1) is 21.6. The maximum atomic E-state index is 12.3. The topological polar surface area (TPSA) is 83.7 Å². The molecule has 3 rings (SSSR count). The number of benzene rings is 2. The third-order valence-electron chi connectivity index (χ3n) is 4.60. The van der Waals surface area contributed by atoms with E-state index in [1.165, 1.54) is 12.1 Å². The summed E-state index contributed by atoms with van der Waals surface area (Å²) in [6, 6.07) is 13.0. The number of halogens is 2. The van der Waals surface area contributed by atoms with Crippen LogP contribution in [-0.4, -0.2) is 21.9 Å². The van der Waals surface area contributed by atoms with Crippen LogP contribution >= 0.6 is 23.2 Å². The second kappa shape index (κ2) is 8.73. The van der Waals surface area contributed by atoms with Gasteiger partial charge in [-0.3, -0.25) is 10.1 Å². The lowest BCUT2D eigenvalue weighted by Crippen LogP contribution is -2.32. The normalized spacial score (nSPS) is 11.4. The van der Waals surface area contributed by atoms with Gasteiger partial charge in [0.2, 0.25) is 0 Å². The van der Waals surface area contributed by atoms with Crippen molar-refractivity contribution in [2.45, 2.75) is 20.8 Å². The Balaban J connectivity index is 1.95. The predicted octanol–water partition coefficient (Wildman–Crippen LogP) is 5.08. The monoisotopic (exact) mass is 443 g/mol. The maximum Gasteiger partial charge on any atom is 0.349 e. The molecule has 0 aliphatic heterocycles. The number of carbonyl (C=O) groups excluding carboxylic acids is 2. The van der Waals surface area contributed by atoms with E-state index in [4.69, 9.17) is 23.2 Å². The van der Waals surface area contributed by atoms with Crippen molar-refractivity contribution in [2.75, 3.05) is 0 Å². The highest BCUT2D eigenvalue weighted by Gasteiger charge is 2.17. The van der Waals surface area contributed by atoms with Crippen molar-refractivity contribution in [3.8, 4) is 11.1 Å². The van der Waals surface area contributed by atoms with Crippen LogP contribution in [0.2, 0.25) is 10.0 Å². The van der Waals surface area contributed by atoms with Crippen molar-refractivity contribution >= 4 is 35.1 Å². The highest BCUT2D eigenvalue weighted by molar-refractivity contribution is 6.40. The number of rotatable bonds is 2. The Kier molecular flexibility index (Phi) is 6.29. The molecule has 6 nitrogen and oxygen atoms in total. The van der Waals surface area contributed by atoms with E-state index in [2.05, 4.69) is 10.3 Å². The zero-order valence-corrected chi connectivity index (χ0v) is 18.0. The molecular formula is C22H19Cl2N3O3. The minimum absolute atomic E-state index is 0.0172. The van der Waals surface area contributed by atoms with Crippen molar-refractivity contribution < 1.29 is 14.8 Å². The Morgan fingerprint density at radius 2 is 1.60 bits per heavy atom. The largest absolute Gasteiger partial charge is 0.427 e. The lowest BCUT2D eigenvalue weighted by atomic mass is 9.98. The Morgan fingerprint density at radius 1 is 1.00 bits per heavy atom. The number of pyridine rings is 1. The minimum Gasteiger partial charge on any atom is -0.427 e. The Bertz CT molecular complexity index is 1200. The van der Waals surface area contributed by atoms with Gasteiger partial charge in [-0.15, -0.1) is 0 Å². The number of imide groups is 1. The second-order valence-corrected chi connectivity index (χ2v) is 7.61. The van der Waals surface area contributed by atoms with E-state index in [-0.39, 0.29) is 21.1 Å². The number of hydrogen-bond acceptors (Lipinski definition) is 3. The summed E-state index contributed by atoms with van der Waals surface area (Å²) in [5.41, 5.74) is 4.16. The molecule has 2 aromatic carbocycles. The molecule has 0 saturated heterocycles. The number of nitrogens with one attached hydrogen (secondary N) is 1. The fourth-order valence-corrected chi connectivity index (χ4v) is 3.70. The number of carbonyl (C=O) groups is 2. The van der Waals surface area contributed by atoms with Gasteiger partial charge in [-0.25, -0.2) is 4.79 Å². The van der Waals surface area contributed by atoms with E-state index in [0.717, 1.165) is 27.0 Å². The van der Waals surface area contributed by atoms with Crippen molar-refractivity contribution in [3.05, 3.63) is 86.4 Å². The van der Waals surface area contributed by atoms with Crippen LogP contribution in [0, 0.1) is 20.8 Å². The van der Waals surface area contributed by atoms with Crippen LogP contribution < -0.4 is 10.8 Å². The standard InChI is InChI=1S/C22H19Cl2N3O3/c1-12-7-9-15(10-8-12)19-13(2)11-18(27(30)14(19)3)25-22(29)26-21(28)20-16(23)5-4-6-17(20)24/h4-11,30H,1-3H3,(H,26,28,29). The summed E-state index contributed by atoms with van der Waals surface area (Å²) in [6.07, 6.45) is 0. The molecule has 0 fully saturated rings. The van der Waals surface area contributed by atoms with Gasteiger partial charge in [0.15, 0.2) is 5.49 Å². The quantitative estimate of drug-likeness (QED) is 0.541. The molecule has 8 heteroatoms. The van der Waals surface area contributed by atoms with Crippen molar-refractivity contribution in [3.63, 3.8) is 0 Å². The van der Waals surface area contributed by atoms with Gasteiger partial charge < -0.3 is 5.21 Å². The van der Waals surface area contributed by atoms with Gasteiger partial charge in [0.25, 0.3) is 5.91 Å². The van der Waals surface area contributed by atoms with Gasteiger partial charge in [-0.2, -0.15) is 9.72 Å². The zero-order chi connectivity index (χ0) is 22.0. The fourth-order valence-electron chi connectivity index (χ4n) is 3.13. The molecule has 1 aromatic heterocycles. The first-order valence-electron chi connectivity index (χ1n) is 9.02. The van der Waals surface area contributed by atoms with Gasteiger partial charge in [0.1, 0.15) is 0 Å². The van der Waals surface area contributed by atoms with Crippen LogP contribution in [0.4, 0.5) is 4.79 Å². The number of aryl methyl sites for hydroxylation is 2. The van der Waals surface area contributed by atoms with Crippen LogP contribution in [0.15, 0.2) is 53.5 Å². The molecule has 2 N–H and O–H groups in total. The van der Waals surface area contributed by atoms with Gasteiger partial charge in [0.05, 0.1) is 21.3 Å². The second-order valence-electron chi connectivity index (χ2n) is 6.79. The molecule has 1 heterocycles. The number of hydrogen-bond donors (Lipinski definition) is 2. The summed E-state index contributed by atoms with van der Waals surface area (Å²) in [7, 11) is 0. The van der Waals surface area contributed by atoms with E-state index >= 15 is 0 Å². The lowest BCUT2D eigenvalue weighted by Gasteiger charge is -2.14. The van der Waals surface area contributed by atoms with E-state index in [1.807, 2.05) is 38.1 Å². The summed E-state index contributed by atoms with van der Waals surface area (Å²) in [4.78, 5) is 28.4. The number of amides is 3. The minimum atomic E-state index is -0.958. The number of urea groups is 1. The predicted molar refractivity (Wildman–Crippen MR) is 116 cm³/mol.